The molecule has 4 heteroatoms. The molecule has 1 amide bonds. The number of pyridine rings is 1. The van der Waals surface area contributed by atoms with Gasteiger partial charge in [0.15, 0.2) is 0 Å². The molecule has 0 fully saturated rings. The molecule has 1 aromatic heterocycles. The molecule has 1 N–H and O–H groups in total. The lowest BCUT2D eigenvalue weighted by molar-refractivity contribution is 0.201. The van der Waals surface area contributed by atoms with E-state index >= 15 is 0 Å². The van der Waals surface area contributed by atoms with Crippen molar-refractivity contribution in [2.75, 3.05) is 4.90 Å². The Hall–Kier alpha value is -2.36. The number of aryl methyl sites for hydroxylation is 2. The number of hydrogen-bond acceptors (Lipinski definition) is 2. The summed E-state index contributed by atoms with van der Waals surface area (Å²) in [6.07, 6.45) is 2.37. The fourth-order valence-electron chi connectivity index (χ4n) is 2.03. The summed E-state index contributed by atoms with van der Waals surface area (Å²) in [6.45, 7) is 4.23. The maximum absolute atomic E-state index is 11.5. The zero-order valence-electron chi connectivity index (χ0n) is 11.0. The molecule has 0 saturated carbocycles. The van der Waals surface area contributed by atoms with Gasteiger partial charge < -0.3 is 5.11 Å². The molecule has 2 aromatic rings. The van der Waals surface area contributed by atoms with Crippen molar-refractivity contribution in [3.63, 3.8) is 0 Å². The van der Waals surface area contributed by atoms with Crippen molar-refractivity contribution in [1.82, 2.24) is 4.98 Å². The topological polar surface area (TPSA) is 53.4 Å². The van der Waals surface area contributed by atoms with Gasteiger partial charge in [0.1, 0.15) is 0 Å². The third-order valence-electron chi connectivity index (χ3n) is 2.96. The third kappa shape index (κ3) is 3.10. The second-order valence-corrected chi connectivity index (χ2v) is 4.51. The fourth-order valence-corrected chi connectivity index (χ4v) is 2.03. The molecule has 0 bridgehead atoms. The quantitative estimate of drug-likeness (QED) is 0.915. The second kappa shape index (κ2) is 5.52. The molecule has 4 nitrogen and oxygen atoms in total. The van der Waals surface area contributed by atoms with Gasteiger partial charge in [-0.15, -0.1) is 0 Å². The highest BCUT2D eigenvalue weighted by molar-refractivity contribution is 5.87. The molecular formula is C15H16N2O2. The van der Waals surface area contributed by atoms with Crippen molar-refractivity contribution < 1.29 is 9.90 Å². The molecule has 0 unspecified atom stereocenters. The summed E-state index contributed by atoms with van der Waals surface area (Å²) in [7, 11) is 0. The van der Waals surface area contributed by atoms with Crippen LogP contribution >= 0.6 is 0 Å². The molecule has 0 aliphatic heterocycles. The van der Waals surface area contributed by atoms with E-state index in [-0.39, 0.29) is 0 Å². The molecule has 0 saturated heterocycles. The summed E-state index contributed by atoms with van der Waals surface area (Å²) in [5.41, 5.74) is 3.71. The summed E-state index contributed by atoms with van der Waals surface area (Å²) < 4.78 is 0. The Morgan fingerprint density at radius 3 is 2.47 bits per heavy atom. The number of rotatable bonds is 3. The maximum atomic E-state index is 11.5. The number of aromatic nitrogens is 1. The molecule has 0 radical (unpaired) electrons. The van der Waals surface area contributed by atoms with Crippen molar-refractivity contribution >= 4 is 11.8 Å². The molecule has 1 aromatic carbocycles. The Kier molecular flexibility index (Phi) is 3.80. The first-order chi connectivity index (χ1) is 9.08. The van der Waals surface area contributed by atoms with Gasteiger partial charge >= 0.3 is 6.09 Å². The van der Waals surface area contributed by atoms with Crippen molar-refractivity contribution in [2.24, 2.45) is 0 Å². The third-order valence-corrected chi connectivity index (χ3v) is 2.96. The number of carboxylic acid groups (broad SMARTS) is 1. The molecule has 0 spiro atoms. The molecular weight excluding hydrogens is 240 g/mol. The predicted molar refractivity (Wildman–Crippen MR) is 74.4 cm³/mol. The van der Waals surface area contributed by atoms with E-state index in [1.165, 1.54) is 4.90 Å². The Bertz CT molecular complexity index is 582. The highest BCUT2D eigenvalue weighted by Gasteiger charge is 2.16. The summed E-state index contributed by atoms with van der Waals surface area (Å²) in [4.78, 5) is 16.7. The first-order valence-corrected chi connectivity index (χ1v) is 6.04. The fraction of sp³-hybridized carbons (Fsp3) is 0.200. The second-order valence-electron chi connectivity index (χ2n) is 4.51. The van der Waals surface area contributed by atoms with E-state index in [0.717, 1.165) is 22.4 Å². The van der Waals surface area contributed by atoms with Crippen molar-refractivity contribution in [3.8, 4) is 0 Å². The number of anilines is 1. The molecule has 19 heavy (non-hydrogen) atoms. The molecule has 2 rings (SSSR count). The van der Waals surface area contributed by atoms with Crippen LogP contribution in [0.3, 0.4) is 0 Å². The first kappa shape index (κ1) is 13.1. The maximum Gasteiger partial charge on any atom is 0.412 e. The van der Waals surface area contributed by atoms with Crippen molar-refractivity contribution in [2.45, 2.75) is 20.4 Å². The van der Waals surface area contributed by atoms with Crippen LogP contribution in [-0.4, -0.2) is 16.2 Å². The SMILES string of the molecule is Cc1ccc(N(Cc2ccncc2)C(=O)O)c(C)c1. The molecule has 98 valence electrons. The highest BCUT2D eigenvalue weighted by atomic mass is 16.4. The molecule has 1 heterocycles. The van der Waals surface area contributed by atoms with Crippen molar-refractivity contribution in [3.05, 3.63) is 59.4 Å². The van der Waals surface area contributed by atoms with Crippen LogP contribution < -0.4 is 4.90 Å². The molecule has 0 atom stereocenters. The molecule has 0 aliphatic rings. The standard InChI is InChI=1S/C15H16N2O2/c1-11-3-4-14(12(2)9-11)17(15(18)19)10-13-5-7-16-8-6-13/h3-9H,10H2,1-2H3,(H,18,19). The van der Waals surface area contributed by atoms with Gasteiger partial charge in [-0.2, -0.15) is 0 Å². The summed E-state index contributed by atoms with van der Waals surface area (Å²) >= 11 is 0. The van der Waals surface area contributed by atoms with Gasteiger partial charge in [-0.25, -0.2) is 4.79 Å². The Morgan fingerprint density at radius 2 is 1.89 bits per heavy atom. The van der Waals surface area contributed by atoms with Gasteiger partial charge in [-0.3, -0.25) is 9.88 Å². The smallest absolute Gasteiger partial charge is 0.412 e. The lowest BCUT2D eigenvalue weighted by atomic mass is 10.1. The van der Waals surface area contributed by atoms with E-state index in [0.29, 0.717) is 6.54 Å². The van der Waals surface area contributed by atoms with Gasteiger partial charge in [-0.1, -0.05) is 17.7 Å². The monoisotopic (exact) mass is 256 g/mol. The van der Waals surface area contributed by atoms with Crippen LogP contribution in [0.4, 0.5) is 10.5 Å². The number of amides is 1. The minimum Gasteiger partial charge on any atom is -0.465 e. The average Bonchev–Trinajstić information content (AvgIpc) is 2.38. The van der Waals surface area contributed by atoms with Gasteiger partial charge in [0.25, 0.3) is 0 Å². The summed E-state index contributed by atoms with van der Waals surface area (Å²) in [6, 6.07) is 9.39. The number of carbonyl (C=O) groups is 1. The van der Waals surface area contributed by atoms with E-state index in [2.05, 4.69) is 4.98 Å². The lowest BCUT2D eigenvalue weighted by Crippen LogP contribution is -2.29. The largest absolute Gasteiger partial charge is 0.465 e. The van der Waals surface area contributed by atoms with Gasteiger partial charge in [0.2, 0.25) is 0 Å². The van der Waals surface area contributed by atoms with Gasteiger partial charge in [0.05, 0.1) is 12.2 Å². The molecule has 0 aliphatic carbocycles. The number of nitrogens with zero attached hydrogens (tertiary/aromatic N) is 2. The average molecular weight is 256 g/mol. The minimum atomic E-state index is -0.955. The van der Waals surface area contributed by atoms with Crippen LogP contribution in [0, 0.1) is 13.8 Å². The van der Waals surface area contributed by atoms with Crippen LogP contribution in [0.15, 0.2) is 42.7 Å². The predicted octanol–water partition coefficient (Wildman–Crippen LogP) is 3.38. The van der Waals surface area contributed by atoms with Crippen LogP contribution in [0.25, 0.3) is 0 Å². The zero-order valence-corrected chi connectivity index (χ0v) is 11.0. The Morgan fingerprint density at radius 1 is 1.21 bits per heavy atom. The van der Waals surface area contributed by atoms with Crippen LogP contribution in [0.5, 0.6) is 0 Å². The van der Waals surface area contributed by atoms with Crippen LogP contribution in [0.2, 0.25) is 0 Å². The lowest BCUT2D eigenvalue weighted by Gasteiger charge is -2.21. The number of benzene rings is 1. The van der Waals surface area contributed by atoms with E-state index in [1.54, 1.807) is 12.4 Å². The van der Waals surface area contributed by atoms with Crippen LogP contribution in [0.1, 0.15) is 16.7 Å². The number of hydrogen-bond donors (Lipinski definition) is 1. The van der Waals surface area contributed by atoms with E-state index in [4.69, 9.17) is 0 Å². The summed E-state index contributed by atoms with van der Waals surface area (Å²) in [5.74, 6) is 0. The Labute approximate surface area is 112 Å². The van der Waals surface area contributed by atoms with E-state index in [1.807, 2.05) is 44.2 Å². The zero-order chi connectivity index (χ0) is 13.8. The Balaban J connectivity index is 2.33. The highest BCUT2D eigenvalue weighted by Crippen LogP contribution is 2.23. The van der Waals surface area contributed by atoms with E-state index in [9.17, 15) is 9.90 Å². The van der Waals surface area contributed by atoms with Crippen molar-refractivity contribution in [1.29, 1.82) is 0 Å². The van der Waals surface area contributed by atoms with E-state index < -0.39 is 6.09 Å². The summed E-state index contributed by atoms with van der Waals surface area (Å²) in [5, 5.41) is 9.39. The minimum absolute atomic E-state index is 0.321. The normalized spacial score (nSPS) is 10.2. The van der Waals surface area contributed by atoms with Crippen LogP contribution in [-0.2, 0) is 6.54 Å². The van der Waals surface area contributed by atoms with Gasteiger partial charge in [-0.05, 0) is 43.2 Å². The van der Waals surface area contributed by atoms with Gasteiger partial charge in [0, 0.05) is 12.4 Å². The first-order valence-electron chi connectivity index (χ1n) is 6.04.